The number of esters is 3. The standard InChI is InChI=1S/C29H40O16/c1-9-5-12(43-25-17(34)16(33)15(32)13(7-30)44-25)22(36)27(3)11(9)6-14-28-8-41-29(26(39)40-4,23(37)18(35)20(27)28)21(28)19(24(38)45-14)42-10(2)31/h5,11-23,25,30,32-37H,6-8H2,1-4H3/t11-,12-,13+,14+,15+,16-,17+,18-,19+,20+,21+,22+,23-,25+,27-,28+,29-/m0/s1. The van der Waals surface area contributed by atoms with Crippen LogP contribution in [0.4, 0.5) is 0 Å². The third-order valence-electron chi connectivity index (χ3n) is 11.4. The second-order valence-electron chi connectivity index (χ2n) is 13.3. The van der Waals surface area contributed by atoms with Crippen molar-refractivity contribution < 1.29 is 78.6 Å². The largest absolute Gasteiger partial charge is 0.467 e. The molecule has 3 heterocycles. The van der Waals surface area contributed by atoms with Gasteiger partial charge in [-0.1, -0.05) is 18.6 Å². The van der Waals surface area contributed by atoms with Gasteiger partial charge in [0.25, 0.3) is 0 Å². The summed E-state index contributed by atoms with van der Waals surface area (Å²) in [5.41, 5.74) is -4.57. The van der Waals surface area contributed by atoms with Crippen molar-refractivity contribution in [1.29, 1.82) is 0 Å². The van der Waals surface area contributed by atoms with Crippen molar-refractivity contribution in [2.45, 2.75) is 100 Å². The van der Waals surface area contributed by atoms with Gasteiger partial charge in [0.15, 0.2) is 6.29 Å². The fourth-order valence-electron chi connectivity index (χ4n) is 9.58. The van der Waals surface area contributed by atoms with Gasteiger partial charge < -0.3 is 64.2 Å². The summed E-state index contributed by atoms with van der Waals surface area (Å²) in [5.74, 6) is -6.04. The minimum atomic E-state index is -2.32. The highest BCUT2D eigenvalue weighted by Crippen LogP contribution is 2.72. The van der Waals surface area contributed by atoms with Gasteiger partial charge in [-0.05, 0) is 19.3 Å². The zero-order chi connectivity index (χ0) is 33.0. The normalized spacial score (nSPS) is 53.4. The van der Waals surface area contributed by atoms with Crippen molar-refractivity contribution in [1.82, 2.24) is 0 Å². The van der Waals surface area contributed by atoms with Gasteiger partial charge in [0, 0.05) is 23.7 Å². The molecule has 0 aromatic heterocycles. The first-order chi connectivity index (χ1) is 21.1. The molecule has 2 saturated carbocycles. The van der Waals surface area contributed by atoms with E-state index < -0.39 is 126 Å². The number of hydrogen-bond acceptors (Lipinski definition) is 16. The van der Waals surface area contributed by atoms with Crippen LogP contribution in [0.2, 0.25) is 0 Å². The van der Waals surface area contributed by atoms with Gasteiger partial charge in [-0.15, -0.1) is 0 Å². The van der Waals surface area contributed by atoms with E-state index in [1.807, 2.05) is 0 Å². The number of carbonyl (C=O) groups is 3. The van der Waals surface area contributed by atoms with Crippen molar-refractivity contribution in [3.8, 4) is 0 Å². The molecule has 6 aliphatic rings. The van der Waals surface area contributed by atoms with E-state index in [9.17, 15) is 50.1 Å². The van der Waals surface area contributed by atoms with Crippen LogP contribution in [0.1, 0.15) is 27.2 Å². The predicted octanol–water partition coefficient (Wildman–Crippen LogP) is -3.73. The number of methoxy groups -OCH3 is 1. The van der Waals surface area contributed by atoms with Crippen LogP contribution < -0.4 is 0 Å². The third-order valence-corrected chi connectivity index (χ3v) is 11.4. The van der Waals surface area contributed by atoms with Crippen molar-refractivity contribution in [2.24, 2.45) is 28.6 Å². The molecule has 0 unspecified atom stereocenters. The second kappa shape index (κ2) is 10.9. The lowest BCUT2D eigenvalue weighted by atomic mass is 9.37. The lowest BCUT2D eigenvalue weighted by Gasteiger charge is -2.68. The maximum Gasteiger partial charge on any atom is 0.348 e. The van der Waals surface area contributed by atoms with Crippen LogP contribution in [-0.2, 0) is 42.8 Å². The van der Waals surface area contributed by atoms with Crippen LogP contribution in [0.25, 0.3) is 0 Å². The second-order valence-corrected chi connectivity index (χ2v) is 13.3. The zero-order valence-corrected chi connectivity index (χ0v) is 25.1. The van der Waals surface area contributed by atoms with Gasteiger partial charge in [0.2, 0.25) is 11.7 Å². The van der Waals surface area contributed by atoms with Crippen LogP contribution >= 0.6 is 0 Å². The topological polar surface area (TPSA) is 248 Å². The maximum atomic E-state index is 13.4. The molecule has 1 spiro atoms. The fourth-order valence-corrected chi connectivity index (χ4v) is 9.58. The molecule has 16 heteroatoms. The Kier molecular flexibility index (Phi) is 7.92. The minimum absolute atomic E-state index is 0.0949. The minimum Gasteiger partial charge on any atom is -0.467 e. The first-order valence-corrected chi connectivity index (χ1v) is 14.9. The molecule has 0 radical (unpaired) electrons. The Morgan fingerprint density at radius 1 is 1.02 bits per heavy atom. The molecule has 0 aromatic carbocycles. The van der Waals surface area contributed by atoms with Crippen LogP contribution in [0, 0.1) is 28.6 Å². The molecule has 252 valence electrons. The van der Waals surface area contributed by atoms with E-state index in [4.69, 9.17) is 28.4 Å². The van der Waals surface area contributed by atoms with Crippen molar-refractivity contribution >= 4 is 17.9 Å². The van der Waals surface area contributed by atoms with Crippen LogP contribution in [-0.4, -0.2) is 147 Å². The number of ether oxygens (including phenoxy) is 6. The summed E-state index contributed by atoms with van der Waals surface area (Å²) in [6.07, 6.45) is -15.6. The molecule has 3 aliphatic heterocycles. The number of hydrogen-bond donors (Lipinski definition) is 7. The van der Waals surface area contributed by atoms with E-state index in [0.717, 1.165) is 14.0 Å². The lowest BCUT2D eigenvalue weighted by Crippen LogP contribution is -2.80. The van der Waals surface area contributed by atoms with Gasteiger partial charge in [-0.25, -0.2) is 9.59 Å². The van der Waals surface area contributed by atoms with Crippen molar-refractivity contribution in [3.63, 3.8) is 0 Å². The Bertz CT molecular complexity index is 1270. The van der Waals surface area contributed by atoms with Crippen LogP contribution in [0.15, 0.2) is 11.6 Å². The molecule has 2 bridgehead atoms. The molecule has 0 amide bonds. The van der Waals surface area contributed by atoms with E-state index in [1.54, 1.807) is 19.9 Å². The number of rotatable bonds is 5. The molecule has 0 aromatic rings. The summed E-state index contributed by atoms with van der Waals surface area (Å²) in [4.78, 5) is 39.0. The summed E-state index contributed by atoms with van der Waals surface area (Å²) in [7, 11) is 1.05. The molecule has 5 fully saturated rings. The highest BCUT2D eigenvalue weighted by atomic mass is 16.7. The fraction of sp³-hybridized carbons (Fsp3) is 0.828. The van der Waals surface area contributed by atoms with Gasteiger partial charge in [0.05, 0.1) is 38.4 Å². The van der Waals surface area contributed by atoms with E-state index in [1.165, 1.54) is 0 Å². The Balaban J connectivity index is 1.46. The van der Waals surface area contributed by atoms with Gasteiger partial charge in [-0.3, -0.25) is 4.79 Å². The van der Waals surface area contributed by atoms with E-state index >= 15 is 0 Å². The van der Waals surface area contributed by atoms with E-state index in [2.05, 4.69) is 0 Å². The quantitative estimate of drug-likeness (QED) is 0.0863. The summed E-state index contributed by atoms with van der Waals surface area (Å²) >= 11 is 0. The van der Waals surface area contributed by atoms with Gasteiger partial charge in [0.1, 0.15) is 42.7 Å². The van der Waals surface area contributed by atoms with Crippen LogP contribution in [0.3, 0.4) is 0 Å². The first-order valence-electron chi connectivity index (χ1n) is 14.9. The highest BCUT2D eigenvalue weighted by molar-refractivity contribution is 5.87. The molecule has 7 N–H and O–H groups in total. The first kappa shape index (κ1) is 32.7. The SMILES string of the molecule is COC(=O)[C@@]12OC[C@]34[C@H]([C@H](O)[C@@H]1O)[C@@]1(C)[C@H](O)[C@@H](O[C@@H]5O[C@H](CO)[C@@H](O)[C@H](O)[C@H]5O)C=C(C)[C@@H]1C[C@H]3OC(=O)[C@H](OC(C)=O)[C@@H]24. The highest BCUT2D eigenvalue weighted by Gasteiger charge is 2.85. The zero-order valence-electron chi connectivity index (χ0n) is 25.1. The van der Waals surface area contributed by atoms with E-state index in [0.29, 0.717) is 5.57 Å². The Morgan fingerprint density at radius 3 is 2.33 bits per heavy atom. The number of aliphatic hydroxyl groups excluding tert-OH is 7. The molecule has 17 atom stereocenters. The van der Waals surface area contributed by atoms with Crippen molar-refractivity contribution in [3.05, 3.63) is 11.6 Å². The molecule has 6 rings (SSSR count). The molecule has 3 saturated heterocycles. The lowest BCUT2D eigenvalue weighted by molar-refractivity contribution is -0.330. The smallest absolute Gasteiger partial charge is 0.348 e. The molecular weight excluding hydrogens is 604 g/mol. The summed E-state index contributed by atoms with van der Waals surface area (Å²) in [6, 6.07) is 0. The van der Waals surface area contributed by atoms with E-state index in [-0.39, 0.29) is 13.0 Å². The summed E-state index contributed by atoms with van der Waals surface area (Å²) < 4.78 is 33.9. The average molecular weight is 645 g/mol. The molecule has 45 heavy (non-hydrogen) atoms. The number of aliphatic hydroxyl groups is 7. The molecule has 3 aliphatic carbocycles. The van der Waals surface area contributed by atoms with Crippen LogP contribution in [0.5, 0.6) is 0 Å². The summed E-state index contributed by atoms with van der Waals surface area (Å²) in [6.45, 7) is 3.42. The number of fused-ring (bicyclic) bond motifs is 2. The number of allylic oxidation sites excluding steroid dienone is 1. The maximum absolute atomic E-state index is 13.4. The Hall–Kier alpha value is -2.25. The molecular formula is C29H40O16. The van der Waals surface area contributed by atoms with Gasteiger partial charge >= 0.3 is 17.9 Å². The Labute approximate surface area is 257 Å². The summed E-state index contributed by atoms with van der Waals surface area (Å²) in [5, 5.41) is 76.5. The third kappa shape index (κ3) is 4.11. The Morgan fingerprint density at radius 2 is 1.71 bits per heavy atom. The van der Waals surface area contributed by atoms with Crippen molar-refractivity contribution in [2.75, 3.05) is 20.3 Å². The molecule has 16 nitrogen and oxygen atoms in total. The van der Waals surface area contributed by atoms with Gasteiger partial charge in [-0.2, -0.15) is 0 Å². The number of carbonyl (C=O) groups excluding carboxylic acids is 3. The monoisotopic (exact) mass is 644 g/mol. The average Bonchev–Trinajstić information content (AvgIpc) is 3.30. The predicted molar refractivity (Wildman–Crippen MR) is 142 cm³/mol.